The van der Waals surface area contributed by atoms with Gasteiger partial charge in [-0.2, -0.15) is 0 Å². The molecule has 0 amide bonds. The van der Waals surface area contributed by atoms with Crippen LogP contribution in [0.2, 0.25) is 0 Å². The molecule has 0 bridgehead atoms. The highest BCUT2D eigenvalue weighted by Crippen LogP contribution is 2.42. The third-order valence-electron chi connectivity index (χ3n) is 10.8. The van der Waals surface area contributed by atoms with Crippen LogP contribution in [-0.4, -0.2) is 9.99 Å². The Morgan fingerprint density at radius 3 is 2.06 bits per heavy atom. The Morgan fingerprint density at radius 1 is 0.706 bits per heavy atom. The van der Waals surface area contributed by atoms with Crippen LogP contribution in [0.3, 0.4) is 0 Å². The maximum absolute atomic E-state index is 6.63. The van der Waals surface area contributed by atoms with E-state index in [1.54, 1.807) is 0 Å². The maximum atomic E-state index is 6.63. The van der Waals surface area contributed by atoms with Gasteiger partial charge < -0.3 is 0 Å². The number of aromatic nitrogens is 1. The standard InChI is InChI=1S/C48H45N3/c1-33-12-9-10-17-44(33)48-45(18-11-29-51(48)49)41-27-28-43(34(2)30-41)42-31-46(39-23-19-37(20-24-39)35-13-5-3-6-14-35)50-47(32-42)40-25-21-38(22-26-40)36-15-7-4-8-16-36/h3-7,9-15,17,19-34,43,45H,8,16,18,49H2,1-2H3/b48-44-. The molecule has 2 N–H and O–H groups in total. The van der Waals surface area contributed by atoms with Gasteiger partial charge in [-0.25, -0.2) is 10.8 Å². The fraction of sp³-hybridized carbons (Fsp3) is 0.188. The van der Waals surface area contributed by atoms with E-state index in [0.717, 1.165) is 41.8 Å². The molecule has 3 nitrogen and oxygen atoms in total. The maximum Gasteiger partial charge on any atom is 0.0712 e. The van der Waals surface area contributed by atoms with E-state index in [9.17, 15) is 0 Å². The second-order valence-corrected chi connectivity index (χ2v) is 14.2. The Hall–Kier alpha value is -5.51. The van der Waals surface area contributed by atoms with Crippen LogP contribution in [0.15, 0.2) is 181 Å². The van der Waals surface area contributed by atoms with Gasteiger partial charge in [-0.1, -0.05) is 160 Å². The van der Waals surface area contributed by atoms with Gasteiger partial charge >= 0.3 is 0 Å². The highest BCUT2D eigenvalue weighted by molar-refractivity contribution is 5.74. The summed E-state index contributed by atoms with van der Waals surface area (Å²) in [6, 6.07) is 33.0. The first-order valence-electron chi connectivity index (χ1n) is 18.4. The van der Waals surface area contributed by atoms with Gasteiger partial charge in [0.1, 0.15) is 0 Å². The molecule has 3 aliphatic carbocycles. The molecule has 3 heteroatoms. The molecular formula is C48H45N3. The Balaban J connectivity index is 1.15. The fourth-order valence-electron chi connectivity index (χ4n) is 7.99. The SMILES string of the molecule is CC1C=CC=C/C1=C1\C(C2=CC(C)C(c3cc(-c4ccc(C5=CC=CCC5)cc4)nc(-c4ccc(-c5ccccc5)cc4)c3)C=C2)CC=CN1N. The molecule has 3 aromatic carbocycles. The van der Waals surface area contributed by atoms with Crippen molar-refractivity contribution in [2.45, 2.75) is 39.0 Å². The van der Waals surface area contributed by atoms with Crippen molar-refractivity contribution in [1.82, 2.24) is 9.99 Å². The summed E-state index contributed by atoms with van der Waals surface area (Å²) in [7, 11) is 0. The predicted molar refractivity (Wildman–Crippen MR) is 214 cm³/mol. The molecule has 0 fully saturated rings. The lowest BCUT2D eigenvalue weighted by Crippen LogP contribution is -2.34. The highest BCUT2D eigenvalue weighted by atomic mass is 15.4. The van der Waals surface area contributed by atoms with Crippen molar-refractivity contribution >= 4 is 5.57 Å². The zero-order chi connectivity index (χ0) is 34.7. The summed E-state index contributed by atoms with van der Waals surface area (Å²) >= 11 is 0. The lowest BCUT2D eigenvalue weighted by Gasteiger charge is -2.36. The minimum Gasteiger partial charge on any atom is -0.290 e. The largest absolute Gasteiger partial charge is 0.290 e. The molecule has 4 atom stereocenters. The molecular weight excluding hydrogens is 619 g/mol. The van der Waals surface area contributed by atoms with Crippen LogP contribution in [0, 0.1) is 17.8 Å². The Bertz CT molecular complexity index is 2150. The fourth-order valence-corrected chi connectivity index (χ4v) is 7.99. The lowest BCUT2D eigenvalue weighted by molar-refractivity contribution is 0.397. The number of benzene rings is 3. The van der Waals surface area contributed by atoms with E-state index in [1.807, 2.05) is 11.2 Å². The number of rotatable bonds is 6. The lowest BCUT2D eigenvalue weighted by atomic mass is 9.76. The number of hydrogen-bond acceptors (Lipinski definition) is 3. The third kappa shape index (κ3) is 6.82. The molecule has 4 aliphatic rings. The van der Waals surface area contributed by atoms with Gasteiger partial charge in [0.25, 0.3) is 0 Å². The van der Waals surface area contributed by atoms with Crippen molar-refractivity contribution in [2.24, 2.45) is 23.6 Å². The van der Waals surface area contributed by atoms with Crippen LogP contribution in [0.25, 0.3) is 39.2 Å². The first kappa shape index (κ1) is 32.7. The number of hydrogen-bond donors (Lipinski definition) is 1. The van der Waals surface area contributed by atoms with E-state index in [0.29, 0.717) is 11.8 Å². The monoisotopic (exact) mass is 663 g/mol. The summed E-state index contributed by atoms with van der Waals surface area (Å²) in [4.78, 5) is 5.29. The van der Waals surface area contributed by atoms with Gasteiger partial charge in [0.05, 0.1) is 11.4 Å². The molecule has 8 rings (SSSR count). The second-order valence-electron chi connectivity index (χ2n) is 14.2. The molecule has 2 heterocycles. The Labute approximate surface area is 302 Å². The predicted octanol–water partition coefficient (Wildman–Crippen LogP) is 11.8. The van der Waals surface area contributed by atoms with Gasteiger partial charge in [-0.05, 0) is 76.3 Å². The minimum absolute atomic E-state index is 0.216. The molecule has 1 aliphatic heterocycles. The molecule has 1 aromatic heterocycles. The molecule has 4 unspecified atom stereocenters. The summed E-state index contributed by atoms with van der Waals surface area (Å²) in [5.41, 5.74) is 14.5. The second kappa shape index (κ2) is 14.4. The van der Waals surface area contributed by atoms with Crippen molar-refractivity contribution in [1.29, 1.82) is 0 Å². The molecule has 0 spiro atoms. The number of nitrogens with two attached hydrogens (primary N) is 1. The summed E-state index contributed by atoms with van der Waals surface area (Å²) in [5, 5.41) is 1.84. The van der Waals surface area contributed by atoms with Crippen LogP contribution in [0.4, 0.5) is 0 Å². The van der Waals surface area contributed by atoms with Crippen LogP contribution in [0.1, 0.15) is 50.2 Å². The normalized spacial score (nSPS) is 24.1. The Morgan fingerprint density at radius 2 is 1.39 bits per heavy atom. The minimum atomic E-state index is 0.216. The number of hydrazine groups is 1. The molecule has 0 saturated heterocycles. The van der Waals surface area contributed by atoms with Crippen LogP contribution in [-0.2, 0) is 0 Å². The summed E-state index contributed by atoms with van der Waals surface area (Å²) in [6.45, 7) is 4.60. The van der Waals surface area contributed by atoms with Gasteiger partial charge in [0.15, 0.2) is 0 Å². The number of allylic oxidation sites excluding steroid dienone is 14. The van der Waals surface area contributed by atoms with E-state index in [-0.39, 0.29) is 11.8 Å². The molecule has 4 aromatic rings. The van der Waals surface area contributed by atoms with Crippen molar-refractivity contribution < 1.29 is 0 Å². The van der Waals surface area contributed by atoms with Crippen LogP contribution < -0.4 is 5.84 Å². The van der Waals surface area contributed by atoms with Gasteiger partial charge in [-0.15, -0.1) is 0 Å². The molecule has 252 valence electrons. The topological polar surface area (TPSA) is 42.2 Å². The average Bonchev–Trinajstić information content (AvgIpc) is 3.19. The molecule has 51 heavy (non-hydrogen) atoms. The molecule has 0 saturated carbocycles. The van der Waals surface area contributed by atoms with Crippen molar-refractivity contribution in [3.8, 4) is 33.6 Å². The third-order valence-corrected chi connectivity index (χ3v) is 10.8. The zero-order valence-corrected chi connectivity index (χ0v) is 29.5. The van der Waals surface area contributed by atoms with Gasteiger partial charge in [0.2, 0.25) is 0 Å². The zero-order valence-electron chi connectivity index (χ0n) is 29.5. The van der Waals surface area contributed by atoms with Crippen molar-refractivity contribution in [3.63, 3.8) is 0 Å². The summed E-state index contributed by atoms with van der Waals surface area (Å²) in [6.07, 6.45) is 30.0. The van der Waals surface area contributed by atoms with E-state index >= 15 is 0 Å². The molecule has 0 radical (unpaired) electrons. The average molecular weight is 664 g/mol. The van der Waals surface area contributed by atoms with Crippen LogP contribution in [0.5, 0.6) is 0 Å². The first-order chi connectivity index (χ1) is 25.0. The number of nitrogens with zero attached hydrogens (tertiary/aromatic N) is 2. The quantitative estimate of drug-likeness (QED) is 0.209. The van der Waals surface area contributed by atoms with Crippen LogP contribution >= 0.6 is 0 Å². The van der Waals surface area contributed by atoms with Gasteiger partial charge in [0, 0.05) is 40.8 Å². The Kier molecular flexibility index (Phi) is 9.22. The van der Waals surface area contributed by atoms with E-state index in [4.69, 9.17) is 10.8 Å². The van der Waals surface area contributed by atoms with Gasteiger partial charge in [-0.3, -0.25) is 5.01 Å². The number of pyridine rings is 1. The summed E-state index contributed by atoms with van der Waals surface area (Å²) < 4.78 is 0. The smallest absolute Gasteiger partial charge is 0.0712 e. The van der Waals surface area contributed by atoms with E-state index < -0.39 is 0 Å². The van der Waals surface area contributed by atoms with E-state index in [1.165, 1.54) is 44.7 Å². The van der Waals surface area contributed by atoms with E-state index in [2.05, 4.69) is 172 Å². The first-order valence-corrected chi connectivity index (χ1v) is 18.4. The van der Waals surface area contributed by atoms with Crippen molar-refractivity contribution in [2.75, 3.05) is 0 Å². The summed E-state index contributed by atoms with van der Waals surface area (Å²) in [5.74, 6) is 7.68. The highest BCUT2D eigenvalue weighted by Gasteiger charge is 2.30. The van der Waals surface area contributed by atoms with Crippen molar-refractivity contribution in [3.05, 3.63) is 192 Å².